The Morgan fingerprint density at radius 3 is 0.929 bits per heavy atom. The summed E-state index contributed by atoms with van der Waals surface area (Å²) in [5.41, 5.74) is 1.27. The molecule has 0 aromatic carbocycles. The lowest BCUT2D eigenvalue weighted by Crippen LogP contribution is -1.81. The van der Waals surface area contributed by atoms with E-state index >= 15 is 0 Å². The van der Waals surface area contributed by atoms with Crippen LogP contribution in [0.2, 0.25) is 0 Å². The van der Waals surface area contributed by atoms with Crippen LogP contribution in [-0.4, -0.2) is 0 Å². The molecule has 0 aromatic rings. The zero-order chi connectivity index (χ0) is 30.4. The molecule has 0 fully saturated rings. The largest absolute Gasteiger partial charge is 0.0845 e. The van der Waals surface area contributed by atoms with Gasteiger partial charge >= 0.3 is 0 Å². The van der Waals surface area contributed by atoms with Crippen LogP contribution in [0.15, 0.2) is 72.4 Å². The van der Waals surface area contributed by atoms with Crippen LogP contribution in [0.25, 0.3) is 0 Å². The van der Waals surface area contributed by atoms with Gasteiger partial charge in [-0.15, -0.1) is 0 Å². The summed E-state index contributed by atoms with van der Waals surface area (Å²) in [6.45, 7) is 6.88. The minimum absolute atomic E-state index is 1.20. The highest BCUT2D eigenvalue weighted by Crippen LogP contribution is 2.13. The van der Waals surface area contributed by atoms with E-state index < -0.39 is 0 Å². The van der Waals surface area contributed by atoms with Crippen molar-refractivity contribution in [3.63, 3.8) is 0 Å². The monoisotopic (exact) mass is 579 g/mol. The van der Waals surface area contributed by atoms with Crippen LogP contribution in [-0.2, 0) is 0 Å². The lowest BCUT2D eigenvalue weighted by Gasteiger charge is -2.01. The van der Waals surface area contributed by atoms with Crippen molar-refractivity contribution < 1.29 is 0 Å². The molecule has 0 aliphatic heterocycles. The molecule has 0 radical (unpaired) electrons. The molecule has 0 bridgehead atoms. The van der Waals surface area contributed by atoms with E-state index in [9.17, 15) is 0 Å². The maximum Gasteiger partial charge on any atom is -0.0257 e. The molecule has 0 atom stereocenters. The molecular formula is C42H74. The minimum Gasteiger partial charge on any atom is -0.0845 e. The normalized spacial score (nSPS) is 13.0. The van der Waals surface area contributed by atoms with Crippen LogP contribution < -0.4 is 0 Å². The highest BCUT2D eigenvalue weighted by molar-refractivity contribution is 5.36. The first kappa shape index (κ1) is 40.4. The van der Waals surface area contributed by atoms with Gasteiger partial charge in [0.15, 0.2) is 0 Å². The van der Waals surface area contributed by atoms with Gasteiger partial charge in [0.25, 0.3) is 0 Å². The number of allylic oxidation sites excluding steroid dienone is 12. The van der Waals surface area contributed by atoms with E-state index in [1.54, 1.807) is 0 Å². The van der Waals surface area contributed by atoms with E-state index in [0.717, 1.165) is 0 Å². The average Bonchev–Trinajstić information content (AvgIpc) is 3.00. The van der Waals surface area contributed by atoms with Gasteiger partial charge in [0.05, 0.1) is 0 Å². The van der Waals surface area contributed by atoms with Crippen LogP contribution in [0.3, 0.4) is 0 Å². The van der Waals surface area contributed by atoms with Crippen LogP contribution >= 0.6 is 0 Å². The van der Waals surface area contributed by atoms with Crippen molar-refractivity contribution in [2.75, 3.05) is 0 Å². The van der Waals surface area contributed by atoms with Crippen LogP contribution in [0.5, 0.6) is 0 Å². The van der Waals surface area contributed by atoms with Crippen LogP contribution in [0.1, 0.15) is 194 Å². The summed E-state index contributed by atoms with van der Waals surface area (Å²) in [4.78, 5) is 0. The van der Waals surface area contributed by atoms with Crippen LogP contribution in [0, 0.1) is 0 Å². The van der Waals surface area contributed by atoms with Gasteiger partial charge in [-0.1, -0.05) is 222 Å². The summed E-state index contributed by atoms with van der Waals surface area (Å²) in [7, 11) is 0. The summed E-state index contributed by atoms with van der Waals surface area (Å²) < 4.78 is 0. The molecule has 0 amide bonds. The van der Waals surface area contributed by atoms with E-state index in [0.29, 0.717) is 0 Å². The van der Waals surface area contributed by atoms with Gasteiger partial charge < -0.3 is 0 Å². The van der Waals surface area contributed by atoms with Gasteiger partial charge in [0.1, 0.15) is 0 Å². The Morgan fingerprint density at radius 1 is 0.310 bits per heavy atom. The number of unbranched alkanes of at least 4 members (excludes halogenated alkanes) is 24. The predicted octanol–water partition coefficient (Wildman–Crippen LogP) is 15.3. The third kappa shape index (κ3) is 34.6. The van der Waals surface area contributed by atoms with Crippen molar-refractivity contribution in [2.24, 2.45) is 0 Å². The Kier molecular flexibility index (Phi) is 36.1. The second kappa shape index (κ2) is 37.5. The first-order valence-electron chi connectivity index (χ1n) is 18.9. The zero-order valence-corrected chi connectivity index (χ0v) is 28.9. The third-order valence-corrected chi connectivity index (χ3v) is 8.17. The van der Waals surface area contributed by atoms with Crippen LogP contribution in [0.4, 0.5) is 0 Å². The number of rotatable bonds is 32. The van der Waals surface area contributed by atoms with E-state index in [-0.39, 0.29) is 0 Å². The SMILES string of the molecule is CCCCCCCCC=CC=CC(C=CC=CCCCCCCCCCC)=CC=CCCCCCCCCCCCC. The van der Waals surface area contributed by atoms with E-state index in [2.05, 4.69) is 87.6 Å². The average molecular weight is 579 g/mol. The summed E-state index contributed by atoms with van der Waals surface area (Å²) in [5, 5.41) is 0. The third-order valence-electron chi connectivity index (χ3n) is 8.17. The Bertz CT molecular complexity index is 683. The summed E-state index contributed by atoms with van der Waals surface area (Å²) in [6.07, 6.45) is 62.0. The molecule has 242 valence electrons. The van der Waals surface area contributed by atoms with E-state index in [4.69, 9.17) is 0 Å². The number of hydrogen-bond donors (Lipinski definition) is 0. The molecule has 0 saturated heterocycles. The second-order valence-corrected chi connectivity index (χ2v) is 12.5. The molecule has 0 heterocycles. The molecule has 42 heavy (non-hydrogen) atoms. The molecule has 0 aliphatic rings. The van der Waals surface area contributed by atoms with E-state index in [1.165, 1.54) is 179 Å². The fourth-order valence-corrected chi connectivity index (χ4v) is 5.31. The molecule has 0 heteroatoms. The number of hydrogen-bond acceptors (Lipinski definition) is 0. The summed E-state index contributed by atoms with van der Waals surface area (Å²) in [5.74, 6) is 0. The molecule has 0 saturated carbocycles. The first-order chi connectivity index (χ1) is 20.8. The Labute approximate surface area is 266 Å². The zero-order valence-electron chi connectivity index (χ0n) is 28.9. The van der Waals surface area contributed by atoms with Crippen molar-refractivity contribution in [3.8, 4) is 0 Å². The smallest absolute Gasteiger partial charge is 0.0257 e. The Balaban J connectivity index is 4.40. The topological polar surface area (TPSA) is 0 Å². The molecule has 0 aliphatic carbocycles. The van der Waals surface area contributed by atoms with Crippen molar-refractivity contribution in [1.82, 2.24) is 0 Å². The Morgan fingerprint density at radius 2 is 0.595 bits per heavy atom. The highest BCUT2D eigenvalue weighted by atomic mass is 14.0. The lowest BCUT2D eigenvalue weighted by atomic mass is 10.1. The van der Waals surface area contributed by atoms with E-state index in [1.807, 2.05) is 0 Å². The molecule has 0 aromatic heterocycles. The van der Waals surface area contributed by atoms with Gasteiger partial charge in [-0.2, -0.15) is 0 Å². The molecule has 0 spiro atoms. The first-order valence-corrected chi connectivity index (χ1v) is 18.9. The van der Waals surface area contributed by atoms with Gasteiger partial charge in [-0.05, 0) is 44.1 Å². The summed E-state index contributed by atoms with van der Waals surface area (Å²) in [6, 6.07) is 0. The van der Waals surface area contributed by atoms with Gasteiger partial charge in [-0.25, -0.2) is 0 Å². The molecular weight excluding hydrogens is 504 g/mol. The minimum atomic E-state index is 1.20. The van der Waals surface area contributed by atoms with Crippen molar-refractivity contribution >= 4 is 0 Å². The highest BCUT2D eigenvalue weighted by Gasteiger charge is 1.93. The summed E-state index contributed by atoms with van der Waals surface area (Å²) >= 11 is 0. The lowest BCUT2D eigenvalue weighted by molar-refractivity contribution is 0.557. The fourth-order valence-electron chi connectivity index (χ4n) is 5.31. The fraction of sp³-hybridized carbons (Fsp3) is 0.714. The molecule has 0 unspecified atom stereocenters. The van der Waals surface area contributed by atoms with Crippen molar-refractivity contribution in [2.45, 2.75) is 194 Å². The van der Waals surface area contributed by atoms with Crippen molar-refractivity contribution in [3.05, 3.63) is 72.4 Å². The maximum atomic E-state index is 2.36. The molecule has 0 rings (SSSR count). The van der Waals surface area contributed by atoms with Gasteiger partial charge in [-0.3, -0.25) is 0 Å². The molecule has 0 nitrogen and oxygen atoms in total. The van der Waals surface area contributed by atoms with Gasteiger partial charge in [0, 0.05) is 0 Å². The second-order valence-electron chi connectivity index (χ2n) is 12.5. The predicted molar refractivity (Wildman–Crippen MR) is 195 cm³/mol. The molecule has 0 N–H and O–H groups in total. The van der Waals surface area contributed by atoms with Gasteiger partial charge in [0.2, 0.25) is 0 Å². The standard InChI is InChI=1S/C42H74/c1-4-7-10-13-16-19-22-24-26-29-32-35-38-41-42(39-36-33-30-27-21-18-15-12-9-6-3)40-37-34-31-28-25-23-20-17-14-11-8-5-2/h30-31,33-41H,4-29,32H2,1-3H3. The Hall–Kier alpha value is -1.56. The maximum absolute atomic E-state index is 2.36. The quantitative estimate of drug-likeness (QED) is 0.0550. The van der Waals surface area contributed by atoms with Crippen molar-refractivity contribution in [1.29, 1.82) is 0 Å².